The molecule has 0 spiro atoms. The van der Waals surface area contributed by atoms with Gasteiger partial charge in [0.1, 0.15) is 11.6 Å². The van der Waals surface area contributed by atoms with Gasteiger partial charge in [0.2, 0.25) is 0 Å². The smallest absolute Gasteiger partial charge is 0.191 e. The van der Waals surface area contributed by atoms with Crippen molar-refractivity contribution in [3.63, 3.8) is 0 Å². The van der Waals surface area contributed by atoms with E-state index >= 15 is 0 Å². The summed E-state index contributed by atoms with van der Waals surface area (Å²) >= 11 is 0. The zero-order valence-electron chi connectivity index (χ0n) is 18.3. The van der Waals surface area contributed by atoms with Crippen LogP contribution in [0.4, 0.5) is 0 Å². The van der Waals surface area contributed by atoms with Crippen molar-refractivity contribution < 1.29 is 4.74 Å². The van der Waals surface area contributed by atoms with E-state index in [1.165, 1.54) is 16.7 Å². The van der Waals surface area contributed by atoms with Crippen molar-refractivity contribution in [2.75, 3.05) is 13.7 Å². The van der Waals surface area contributed by atoms with Crippen molar-refractivity contribution in [2.45, 2.75) is 40.4 Å². The lowest BCUT2D eigenvalue weighted by molar-refractivity contribution is 0.408. The van der Waals surface area contributed by atoms with Crippen molar-refractivity contribution in [2.24, 2.45) is 4.99 Å². The number of rotatable bonds is 8. The van der Waals surface area contributed by atoms with Crippen LogP contribution in [0.15, 0.2) is 59.9 Å². The second kappa shape index (κ2) is 10.5. The lowest BCUT2D eigenvalue weighted by Crippen LogP contribution is -2.36. The third-order valence-electron chi connectivity index (χ3n) is 4.92. The predicted octanol–water partition coefficient (Wildman–Crippen LogP) is 3.81. The molecule has 0 aliphatic rings. The van der Waals surface area contributed by atoms with Gasteiger partial charge in [-0.05, 0) is 43.5 Å². The Hall–Kier alpha value is -3.28. The Labute approximate surface area is 179 Å². The van der Waals surface area contributed by atoms with Gasteiger partial charge >= 0.3 is 0 Å². The Morgan fingerprint density at radius 3 is 2.67 bits per heavy atom. The van der Waals surface area contributed by atoms with Gasteiger partial charge in [0.25, 0.3) is 0 Å². The molecule has 2 N–H and O–H groups in total. The third-order valence-corrected chi connectivity index (χ3v) is 4.92. The molecule has 0 saturated carbocycles. The first-order valence-corrected chi connectivity index (χ1v) is 10.3. The molecule has 6 heteroatoms. The molecule has 3 aromatic rings. The fourth-order valence-electron chi connectivity index (χ4n) is 3.28. The first-order valence-electron chi connectivity index (χ1n) is 10.3. The molecular weight excluding hydrogens is 374 g/mol. The quantitative estimate of drug-likeness (QED) is 0.442. The van der Waals surface area contributed by atoms with Crippen LogP contribution in [0.3, 0.4) is 0 Å². The summed E-state index contributed by atoms with van der Waals surface area (Å²) in [6.07, 6.45) is 3.84. The van der Waals surface area contributed by atoms with Crippen LogP contribution in [-0.2, 0) is 19.6 Å². The van der Waals surface area contributed by atoms with Crippen LogP contribution in [0.2, 0.25) is 0 Å². The highest BCUT2D eigenvalue weighted by Gasteiger charge is 2.05. The maximum absolute atomic E-state index is 5.51. The van der Waals surface area contributed by atoms with E-state index in [1.807, 2.05) is 19.3 Å². The highest BCUT2D eigenvalue weighted by Crippen LogP contribution is 2.19. The van der Waals surface area contributed by atoms with Gasteiger partial charge in [-0.3, -0.25) is 0 Å². The lowest BCUT2D eigenvalue weighted by Gasteiger charge is -2.14. The van der Waals surface area contributed by atoms with Crippen LogP contribution in [0.25, 0.3) is 0 Å². The Kier molecular flexibility index (Phi) is 7.49. The van der Waals surface area contributed by atoms with E-state index in [9.17, 15) is 0 Å². The van der Waals surface area contributed by atoms with E-state index in [1.54, 1.807) is 7.11 Å². The van der Waals surface area contributed by atoms with E-state index in [-0.39, 0.29) is 0 Å². The summed E-state index contributed by atoms with van der Waals surface area (Å²) in [6.45, 7) is 9.02. The molecule has 0 unspecified atom stereocenters. The molecule has 158 valence electrons. The third kappa shape index (κ3) is 5.86. The van der Waals surface area contributed by atoms with Gasteiger partial charge in [0.15, 0.2) is 5.96 Å². The number of benzene rings is 2. The first-order chi connectivity index (χ1) is 14.6. The lowest BCUT2D eigenvalue weighted by atomic mass is 10.1. The van der Waals surface area contributed by atoms with Crippen LogP contribution in [0.1, 0.15) is 35.0 Å². The second-order valence-corrected chi connectivity index (χ2v) is 7.29. The number of ether oxygens (including phenoxy) is 1. The highest BCUT2D eigenvalue weighted by atomic mass is 16.5. The highest BCUT2D eigenvalue weighted by molar-refractivity contribution is 5.79. The van der Waals surface area contributed by atoms with Gasteiger partial charge in [-0.1, -0.05) is 36.4 Å². The number of nitrogens with zero attached hydrogens (tertiary/aromatic N) is 3. The molecule has 6 nitrogen and oxygen atoms in total. The standard InChI is InChI=1S/C24H31N5O/c1-5-25-24(28-16-22-10-9-18(2)13-23(22)30-4)27-15-20-7-6-8-21(14-20)17-29-12-11-26-19(29)3/h6-14H,5,15-17H2,1-4H3,(H2,25,27,28). The Morgan fingerprint density at radius 2 is 1.93 bits per heavy atom. The van der Waals surface area contributed by atoms with E-state index < -0.39 is 0 Å². The first kappa shape index (κ1) is 21.4. The number of nitrogens with one attached hydrogen (secondary N) is 2. The largest absolute Gasteiger partial charge is 0.496 e. The van der Waals surface area contributed by atoms with Gasteiger partial charge in [-0.15, -0.1) is 0 Å². The zero-order chi connectivity index (χ0) is 21.3. The Morgan fingerprint density at radius 1 is 1.10 bits per heavy atom. The number of aliphatic imine (C=N–C) groups is 1. The van der Waals surface area contributed by atoms with Crippen molar-refractivity contribution in [1.82, 2.24) is 20.2 Å². The van der Waals surface area contributed by atoms with Crippen LogP contribution < -0.4 is 15.4 Å². The minimum Gasteiger partial charge on any atom is -0.496 e. The van der Waals surface area contributed by atoms with E-state index in [4.69, 9.17) is 9.73 Å². The molecule has 2 aromatic carbocycles. The van der Waals surface area contributed by atoms with Crippen LogP contribution in [0.5, 0.6) is 5.75 Å². The van der Waals surface area contributed by atoms with Crippen molar-refractivity contribution >= 4 is 5.96 Å². The van der Waals surface area contributed by atoms with Crippen molar-refractivity contribution in [3.05, 3.63) is 82.9 Å². The fraction of sp³-hybridized carbons (Fsp3) is 0.333. The summed E-state index contributed by atoms with van der Waals surface area (Å²) in [5.74, 6) is 2.69. The van der Waals surface area contributed by atoms with E-state index in [2.05, 4.69) is 76.5 Å². The van der Waals surface area contributed by atoms with E-state index in [0.717, 1.165) is 36.2 Å². The Bertz CT molecular complexity index is 993. The van der Waals surface area contributed by atoms with Gasteiger partial charge in [0, 0.05) is 37.6 Å². The number of hydrogen-bond acceptors (Lipinski definition) is 3. The molecule has 0 bridgehead atoms. The number of hydrogen-bond donors (Lipinski definition) is 2. The Balaban J connectivity index is 1.66. The number of aryl methyl sites for hydroxylation is 2. The average molecular weight is 406 g/mol. The SMILES string of the molecule is CCNC(=NCc1cccc(Cn2ccnc2C)c1)NCc1ccc(C)cc1OC. The zero-order valence-corrected chi connectivity index (χ0v) is 18.3. The van der Waals surface area contributed by atoms with Gasteiger partial charge in [-0.25, -0.2) is 9.98 Å². The maximum atomic E-state index is 5.51. The molecule has 0 aliphatic heterocycles. The predicted molar refractivity (Wildman–Crippen MR) is 122 cm³/mol. The van der Waals surface area contributed by atoms with Crippen LogP contribution in [-0.4, -0.2) is 29.2 Å². The van der Waals surface area contributed by atoms with Gasteiger partial charge in [-0.2, -0.15) is 0 Å². The monoisotopic (exact) mass is 405 g/mol. The van der Waals surface area contributed by atoms with Gasteiger partial charge in [0.05, 0.1) is 13.7 Å². The molecule has 0 amide bonds. The molecule has 1 heterocycles. The minimum atomic E-state index is 0.608. The summed E-state index contributed by atoms with van der Waals surface area (Å²) in [4.78, 5) is 9.06. The summed E-state index contributed by atoms with van der Waals surface area (Å²) in [6, 6.07) is 14.8. The fourth-order valence-corrected chi connectivity index (χ4v) is 3.28. The number of guanidine groups is 1. The number of methoxy groups -OCH3 is 1. The minimum absolute atomic E-state index is 0.608. The van der Waals surface area contributed by atoms with E-state index in [0.29, 0.717) is 13.1 Å². The molecular formula is C24H31N5O. The topological polar surface area (TPSA) is 63.5 Å². The van der Waals surface area contributed by atoms with Crippen molar-refractivity contribution in [1.29, 1.82) is 0 Å². The summed E-state index contributed by atoms with van der Waals surface area (Å²) < 4.78 is 7.65. The molecule has 0 radical (unpaired) electrons. The van der Waals surface area contributed by atoms with Crippen LogP contribution >= 0.6 is 0 Å². The molecule has 30 heavy (non-hydrogen) atoms. The molecule has 3 rings (SSSR count). The molecule has 0 saturated heterocycles. The maximum Gasteiger partial charge on any atom is 0.191 e. The van der Waals surface area contributed by atoms with Crippen LogP contribution in [0, 0.1) is 13.8 Å². The molecule has 0 fully saturated rings. The normalized spacial score (nSPS) is 11.4. The second-order valence-electron chi connectivity index (χ2n) is 7.29. The summed E-state index contributed by atoms with van der Waals surface area (Å²) in [7, 11) is 1.70. The molecule has 0 atom stereocenters. The average Bonchev–Trinajstić information content (AvgIpc) is 3.15. The number of imidazole rings is 1. The van der Waals surface area contributed by atoms with Crippen molar-refractivity contribution in [3.8, 4) is 5.75 Å². The van der Waals surface area contributed by atoms with Gasteiger partial charge < -0.3 is 19.9 Å². The molecule has 0 aliphatic carbocycles. The summed E-state index contributed by atoms with van der Waals surface area (Å²) in [5.41, 5.74) is 4.70. The summed E-state index contributed by atoms with van der Waals surface area (Å²) in [5, 5.41) is 6.72. The number of aromatic nitrogens is 2. The molecule has 1 aromatic heterocycles.